The molecule has 1 saturated heterocycles. The summed E-state index contributed by atoms with van der Waals surface area (Å²) in [7, 11) is -3.73. The van der Waals surface area contributed by atoms with Crippen LogP contribution in [0.1, 0.15) is 29.6 Å². The van der Waals surface area contributed by atoms with Gasteiger partial charge in [-0.25, -0.2) is 12.7 Å². The van der Waals surface area contributed by atoms with Gasteiger partial charge in [0.05, 0.1) is 5.56 Å². The molecule has 0 saturated carbocycles. The number of benzene rings is 1. The lowest BCUT2D eigenvalue weighted by molar-refractivity contribution is 0.0867. The summed E-state index contributed by atoms with van der Waals surface area (Å²) in [5.41, 5.74) is 6.20. The van der Waals surface area contributed by atoms with Crippen molar-refractivity contribution in [2.24, 2.45) is 0 Å². The zero-order valence-electron chi connectivity index (χ0n) is 11.8. The number of rotatable bonds is 4. The van der Waals surface area contributed by atoms with Gasteiger partial charge in [-0.1, -0.05) is 0 Å². The highest BCUT2D eigenvalue weighted by Crippen LogP contribution is 2.31. The lowest BCUT2D eigenvalue weighted by Crippen LogP contribution is -2.33. The monoisotopic (exact) mass is 309 g/mol. The van der Waals surface area contributed by atoms with Gasteiger partial charge in [0.25, 0.3) is 15.9 Å². The van der Waals surface area contributed by atoms with E-state index < -0.39 is 15.9 Å². The van der Waals surface area contributed by atoms with Crippen molar-refractivity contribution < 1.29 is 13.2 Å². The molecule has 21 heavy (non-hydrogen) atoms. The van der Waals surface area contributed by atoms with Crippen molar-refractivity contribution in [1.82, 2.24) is 9.21 Å². The molecular formula is C14H19N3O3S. The Labute approximate surface area is 124 Å². The van der Waals surface area contributed by atoms with Gasteiger partial charge in [-0.2, -0.15) is 0 Å². The minimum Gasteiger partial charge on any atom is -0.399 e. The number of nitrogen functional groups attached to an aromatic ring is 1. The van der Waals surface area contributed by atoms with E-state index >= 15 is 0 Å². The Kier molecular flexibility index (Phi) is 3.62. The average molecular weight is 309 g/mol. The van der Waals surface area contributed by atoms with Gasteiger partial charge in [-0.15, -0.1) is 0 Å². The van der Waals surface area contributed by atoms with E-state index in [-0.39, 0.29) is 17.0 Å². The molecule has 1 amide bonds. The van der Waals surface area contributed by atoms with Crippen LogP contribution in [0.25, 0.3) is 0 Å². The summed E-state index contributed by atoms with van der Waals surface area (Å²) in [5.74, 6) is -0.438. The first-order valence-electron chi connectivity index (χ1n) is 7.19. The number of carbonyl (C=O) groups is 1. The summed E-state index contributed by atoms with van der Waals surface area (Å²) in [4.78, 5) is 14.6. The number of hydrogen-bond acceptors (Lipinski definition) is 5. The molecule has 3 rings (SSSR count). The Morgan fingerprint density at radius 3 is 2.57 bits per heavy atom. The summed E-state index contributed by atoms with van der Waals surface area (Å²) in [5, 5.41) is 0. The maximum atomic E-state index is 12.4. The number of hydrogen-bond donors (Lipinski definition) is 1. The van der Waals surface area contributed by atoms with Gasteiger partial charge in [0.2, 0.25) is 0 Å². The Morgan fingerprint density at radius 2 is 1.86 bits per heavy atom. The number of anilines is 1. The zero-order chi connectivity index (χ0) is 15.0. The fraction of sp³-hybridized carbons (Fsp3) is 0.500. The molecule has 2 aliphatic rings. The third kappa shape index (κ3) is 2.51. The summed E-state index contributed by atoms with van der Waals surface area (Å²) >= 11 is 0. The summed E-state index contributed by atoms with van der Waals surface area (Å²) < 4.78 is 25.8. The first-order valence-corrected chi connectivity index (χ1v) is 8.63. The van der Waals surface area contributed by atoms with Crippen molar-refractivity contribution in [1.29, 1.82) is 0 Å². The Hall–Kier alpha value is -1.60. The topological polar surface area (TPSA) is 83.7 Å². The summed E-state index contributed by atoms with van der Waals surface area (Å²) in [6, 6.07) is 4.41. The standard InChI is InChI=1S/C14H19N3O3S/c15-11-4-5-12-13(10-11)21(19,20)17(14(12)18)9-3-8-16-6-1-2-7-16/h4-5,10H,1-3,6-9,15H2. The van der Waals surface area contributed by atoms with Crippen LogP contribution in [0.15, 0.2) is 23.1 Å². The van der Waals surface area contributed by atoms with Gasteiger partial charge >= 0.3 is 0 Å². The first-order chi connectivity index (χ1) is 10.00. The van der Waals surface area contributed by atoms with Crippen LogP contribution in [0.3, 0.4) is 0 Å². The average Bonchev–Trinajstić information content (AvgIpc) is 3.01. The van der Waals surface area contributed by atoms with Gasteiger partial charge in [0.15, 0.2) is 0 Å². The molecule has 6 nitrogen and oxygen atoms in total. The van der Waals surface area contributed by atoms with E-state index in [0.717, 1.165) is 23.9 Å². The maximum Gasteiger partial charge on any atom is 0.269 e. The second-order valence-corrected chi connectivity index (χ2v) is 7.37. The van der Waals surface area contributed by atoms with Crippen molar-refractivity contribution in [2.45, 2.75) is 24.2 Å². The minimum atomic E-state index is -3.73. The Bertz CT molecular complexity index is 666. The molecule has 0 spiro atoms. The van der Waals surface area contributed by atoms with Crippen LogP contribution in [0.5, 0.6) is 0 Å². The molecule has 1 aromatic rings. The van der Waals surface area contributed by atoms with Crippen LogP contribution in [-0.4, -0.2) is 49.7 Å². The second-order valence-electron chi connectivity index (χ2n) is 5.54. The van der Waals surface area contributed by atoms with Crippen molar-refractivity contribution in [3.05, 3.63) is 23.8 Å². The van der Waals surface area contributed by atoms with Crippen molar-refractivity contribution in [2.75, 3.05) is 31.9 Å². The van der Waals surface area contributed by atoms with Crippen molar-refractivity contribution in [3.63, 3.8) is 0 Å². The highest BCUT2D eigenvalue weighted by Gasteiger charge is 2.40. The van der Waals surface area contributed by atoms with Gasteiger partial charge in [-0.3, -0.25) is 4.79 Å². The molecule has 0 radical (unpaired) electrons. The van der Waals surface area contributed by atoms with Gasteiger partial charge < -0.3 is 10.6 Å². The van der Waals surface area contributed by atoms with E-state index in [1.54, 1.807) is 6.07 Å². The van der Waals surface area contributed by atoms with Gasteiger partial charge in [-0.05, 0) is 57.1 Å². The van der Waals surface area contributed by atoms with E-state index in [9.17, 15) is 13.2 Å². The number of nitrogens with two attached hydrogens (primary N) is 1. The summed E-state index contributed by atoms with van der Waals surface area (Å²) in [6.45, 7) is 3.19. The van der Waals surface area contributed by atoms with Crippen molar-refractivity contribution in [3.8, 4) is 0 Å². The number of fused-ring (bicyclic) bond motifs is 1. The van der Waals surface area contributed by atoms with Crippen LogP contribution in [0, 0.1) is 0 Å². The van der Waals surface area contributed by atoms with E-state index in [1.807, 2.05) is 0 Å². The molecule has 2 N–H and O–H groups in total. The molecule has 0 atom stereocenters. The second kappa shape index (κ2) is 5.31. The molecular weight excluding hydrogens is 290 g/mol. The van der Waals surface area contributed by atoms with Gasteiger partial charge in [0.1, 0.15) is 4.90 Å². The van der Waals surface area contributed by atoms with Crippen molar-refractivity contribution >= 4 is 21.6 Å². The van der Waals surface area contributed by atoms with Crippen LogP contribution >= 0.6 is 0 Å². The highest BCUT2D eigenvalue weighted by molar-refractivity contribution is 7.90. The zero-order valence-corrected chi connectivity index (χ0v) is 12.6. The smallest absolute Gasteiger partial charge is 0.269 e. The quantitative estimate of drug-likeness (QED) is 0.835. The number of likely N-dealkylation sites (tertiary alicyclic amines) is 1. The number of amides is 1. The number of nitrogens with zero attached hydrogens (tertiary/aromatic N) is 2. The molecule has 0 bridgehead atoms. The third-order valence-corrected chi connectivity index (χ3v) is 5.89. The number of carbonyl (C=O) groups excluding carboxylic acids is 1. The molecule has 0 aromatic heterocycles. The van der Waals surface area contributed by atoms with E-state index in [1.165, 1.54) is 25.0 Å². The predicted molar refractivity (Wildman–Crippen MR) is 79.4 cm³/mol. The lowest BCUT2D eigenvalue weighted by Gasteiger charge is -2.18. The summed E-state index contributed by atoms with van der Waals surface area (Å²) in [6.07, 6.45) is 3.06. The molecule has 1 fully saturated rings. The van der Waals surface area contributed by atoms with Crippen LogP contribution < -0.4 is 5.73 Å². The molecule has 2 aliphatic heterocycles. The lowest BCUT2D eigenvalue weighted by atomic mass is 10.2. The largest absolute Gasteiger partial charge is 0.399 e. The highest BCUT2D eigenvalue weighted by atomic mass is 32.2. The fourth-order valence-corrected chi connectivity index (χ4v) is 4.60. The number of sulfonamides is 1. The first kappa shape index (κ1) is 14.3. The van der Waals surface area contributed by atoms with Gasteiger partial charge in [0, 0.05) is 12.2 Å². The fourth-order valence-electron chi connectivity index (χ4n) is 2.96. The minimum absolute atomic E-state index is 0.0358. The van der Waals surface area contributed by atoms with E-state index in [4.69, 9.17) is 5.73 Å². The molecule has 7 heteroatoms. The molecule has 114 valence electrons. The SMILES string of the molecule is Nc1ccc2c(c1)S(=O)(=O)N(CCCN1CCCC1)C2=O. The molecule has 1 aromatic carbocycles. The van der Waals surface area contributed by atoms with E-state index in [0.29, 0.717) is 12.1 Å². The molecule has 0 aliphatic carbocycles. The third-order valence-electron chi connectivity index (χ3n) is 4.06. The Morgan fingerprint density at radius 1 is 1.14 bits per heavy atom. The maximum absolute atomic E-state index is 12.4. The Balaban J connectivity index is 1.73. The normalized spacial score (nSPS) is 21.0. The van der Waals surface area contributed by atoms with Crippen LogP contribution in [0.4, 0.5) is 5.69 Å². The predicted octanol–water partition coefficient (Wildman–Crippen LogP) is 0.899. The molecule has 0 unspecified atom stereocenters. The van der Waals surface area contributed by atoms with Crippen LogP contribution in [-0.2, 0) is 10.0 Å². The van der Waals surface area contributed by atoms with E-state index in [2.05, 4.69) is 4.90 Å². The molecule has 2 heterocycles. The van der Waals surface area contributed by atoms with Crippen LogP contribution in [0.2, 0.25) is 0 Å².